The van der Waals surface area contributed by atoms with Gasteiger partial charge in [0.25, 0.3) is 5.91 Å². The summed E-state index contributed by atoms with van der Waals surface area (Å²) in [6.07, 6.45) is 2.34. The molecule has 0 saturated heterocycles. The number of amides is 1. The molecule has 0 unspecified atom stereocenters. The SMILES string of the molecule is CCc1nc(C2CC(NC(=O)c3cc(-c4ccccc4)on3)C2)no1. The van der Waals surface area contributed by atoms with E-state index in [1.54, 1.807) is 6.07 Å². The van der Waals surface area contributed by atoms with Crippen LogP contribution in [0, 0.1) is 0 Å². The van der Waals surface area contributed by atoms with Crippen LogP contribution < -0.4 is 5.32 Å². The molecule has 7 nitrogen and oxygen atoms in total. The maximum atomic E-state index is 12.3. The maximum Gasteiger partial charge on any atom is 0.273 e. The molecule has 1 aromatic carbocycles. The first kappa shape index (κ1) is 15.6. The van der Waals surface area contributed by atoms with Crippen molar-refractivity contribution in [3.8, 4) is 11.3 Å². The van der Waals surface area contributed by atoms with E-state index in [9.17, 15) is 4.79 Å². The Morgan fingerprint density at radius 2 is 2.00 bits per heavy atom. The number of nitrogens with zero attached hydrogens (tertiary/aromatic N) is 3. The first-order chi connectivity index (χ1) is 12.2. The quantitative estimate of drug-likeness (QED) is 0.768. The molecule has 128 valence electrons. The summed E-state index contributed by atoms with van der Waals surface area (Å²) in [5, 5.41) is 10.8. The number of benzene rings is 1. The summed E-state index contributed by atoms with van der Waals surface area (Å²) in [5.74, 6) is 1.98. The van der Waals surface area contributed by atoms with E-state index in [2.05, 4.69) is 20.6 Å². The van der Waals surface area contributed by atoms with Gasteiger partial charge in [-0.1, -0.05) is 47.6 Å². The van der Waals surface area contributed by atoms with Gasteiger partial charge >= 0.3 is 0 Å². The molecular weight excluding hydrogens is 320 g/mol. The van der Waals surface area contributed by atoms with Gasteiger partial charge in [0.2, 0.25) is 5.89 Å². The minimum atomic E-state index is -0.225. The van der Waals surface area contributed by atoms with Crippen LogP contribution in [0.15, 0.2) is 45.4 Å². The average molecular weight is 338 g/mol. The van der Waals surface area contributed by atoms with Crippen molar-refractivity contribution in [2.24, 2.45) is 0 Å². The van der Waals surface area contributed by atoms with Gasteiger partial charge < -0.3 is 14.4 Å². The standard InChI is InChI=1S/C18H18N4O3/c1-2-16-20-17(22-25-16)12-8-13(9-12)19-18(23)14-10-15(24-21-14)11-6-4-3-5-7-11/h3-7,10,12-13H,2,8-9H2,1H3,(H,19,23). The van der Waals surface area contributed by atoms with Crippen LogP contribution in [0.5, 0.6) is 0 Å². The van der Waals surface area contributed by atoms with E-state index in [-0.39, 0.29) is 23.6 Å². The van der Waals surface area contributed by atoms with Gasteiger partial charge in [0, 0.05) is 30.0 Å². The topological polar surface area (TPSA) is 94.1 Å². The molecule has 1 amide bonds. The summed E-state index contributed by atoms with van der Waals surface area (Å²) in [6, 6.07) is 11.3. The smallest absolute Gasteiger partial charge is 0.273 e. The fraction of sp³-hybridized carbons (Fsp3) is 0.333. The van der Waals surface area contributed by atoms with Crippen LogP contribution >= 0.6 is 0 Å². The van der Waals surface area contributed by atoms with Crippen molar-refractivity contribution in [3.05, 3.63) is 53.8 Å². The second-order valence-electron chi connectivity index (χ2n) is 6.18. The highest BCUT2D eigenvalue weighted by molar-refractivity contribution is 5.93. The molecule has 2 heterocycles. The molecule has 1 aliphatic carbocycles. The first-order valence-electron chi connectivity index (χ1n) is 8.38. The fourth-order valence-electron chi connectivity index (χ4n) is 2.90. The summed E-state index contributed by atoms with van der Waals surface area (Å²) in [4.78, 5) is 16.6. The normalized spacial score (nSPS) is 19.4. The van der Waals surface area contributed by atoms with Crippen molar-refractivity contribution in [2.75, 3.05) is 0 Å². The van der Waals surface area contributed by atoms with Crippen LogP contribution in [0.4, 0.5) is 0 Å². The Morgan fingerprint density at radius 1 is 1.20 bits per heavy atom. The summed E-state index contributed by atoms with van der Waals surface area (Å²) in [6.45, 7) is 1.97. The van der Waals surface area contributed by atoms with E-state index in [0.717, 1.165) is 30.7 Å². The lowest BCUT2D eigenvalue weighted by atomic mass is 9.79. The minimum absolute atomic E-state index is 0.0953. The van der Waals surface area contributed by atoms with Crippen molar-refractivity contribution in [2.45, 2.75) is 38.1 Å². The van der Waals surface area contributed by atoms with E-state index >= 15 is 0 Å². The van der Waals surface area contributed by atoms with Gasteiger partial charge in [-0.3, -0.25) is 4.79 Å². The number of hydrogen-bond donors (Lipinski definition) is 1. The lowest BCUT2D eigenvalue weighted by molar-refractivity contribution is 0.0898. The molecule has 0 bridgehead atoms. The van der Waals surface area contributed by atoms with Crippen LogP contribution in [0.1, 0.15) is 47.9 Å². The summed E-state index contributed by atoms with van der Waals surface area (Å²) in [5.41, 5.74) is 1.18. The third-order valence-electron chi connectivity index (χ3n) is 4.43. The van der Waals surface area contributed by atoms with Gasteiger partial charge in [0.15, 0.2) is 17.3 Å². The Kier molecular flexibility index (Phi) is 4.05. The largest absolute Gasteiger partial charge is 0.355 e. The van der Waals surface area contributed by atoms with Crippen molar-refractivity contribution in [1.29, 1.82) is 0 Å². The second kappa shape index (κ2) is 6.51. The number of rotatable bonds is 5. The number of carbonyl (C=O) groups excluding carboxylic acids is 1. The molecular formula is C18H18N4O3. The number of aromatic nitrogens is 3. The van der Waals surface area contributed by atoms with Gasteiger partial charge in [-0.25, -0.2) is 0 Å². The van der Waals surface area contributed by atoms with Crippen LogP contribution in [-0.2, 0) is 6.42 Å². The second-order valence-corrected chi connectivity index (χ2v) is 6.18. The first-order valence-corrected chi connectivity index (χ1v) is 8.38. The molecule has 0 atom stereocenters. The number of aryl methyl sites for hydroxylation is 1. The zero-order chi connectivity index (χ0) is 17.2. The fourth-order valence-corrected chi connectivity index (χ4v) is 2.90. The Labute approximate surface area is 144 Å². The van der Waals surface area contributed by atoms with Crippen molar-refractivity contribution in [1.82, 2.24) is 20.6 Å². The lowest BCUT2D eigenvalue weighted by Gasteiger charge is -2.33. The van der Waals surface area contributed by atoms with E-state index in [1.165, 1.54) is 0 Å². The number of carbonyl (C=O) groups is 1. The van der Waals surface area contributed by atoms with E-state index in [4.69, 9.17) is 9.05 Å². The van der Waals surface area contributed by atoms with Gasteiger partial charge in [-0.05, 0) is 12.8 Å². The maximum absolute atomic E-state index is 12.3. The lowest BCUT2D eigenvalue weighted by Crippen LogP contribution is -2.43. The Morgan fingerprint density at radius 3 is 2.72 bits per heavy atom. The molecule has 1 saturated carbocycles. The Bertz CT molecular complexity index is 865. The van der Waals surface area contributed by atoms with Crippen LogP contribution in [0.25, 0.3) is 11.3 Å². The third-order valence-corrected chi connectivity index (χ3v) is 4.43. The molecule has 2 aromatic heterocycles. The van der Waals surface area contributed by atoms with Crippen LogP contribution in [0.2, 0.25) is 0 Å². The molecule has 3 aromatic rings. The van der Waals surface area contributed by atoms with Gasteiger partial charge in [-0.2, -0.15) is 4.98 Å². The van der Waals surface area contributed by atoms with Crippen molar-refractivity contribution in [3.63, 3.8) is 0 Å². The van der Waals surface area contributed by atoms with Crippen molar-refractivity contribution < 1.29 is 13.8 Å². The Balaban J connectivity index is 1.34. The monoisotopic (exact) mass is 338 g/mol. The van der Waals surface area contributed by atoms with Gasteiger partial charge in [0.05, 0.1) is 0 Å². The van der Waals surface area contributed by atoms with E-state index in [0.29, 0.717) is 11.7 Å². The van der Waals surface area contributed by atoms with Crippen LogP contribution in [-0.4, -0.2) is 27.2 Å². The summed E-state index contributed by atoms with van der Waals surface area (Å²) >= 11 is 0. The predicted octanol–water partition coefficient (Wildman–Crippen LogP) is 2.96. The molecule has 0 radical (unpaired) electrons. The highest BCUT2D eigenvalue weighted by Crippen LogP contribution is 2.35. The zero-order valence-corrected chi connectivity index (χ0v) is 13.8. The zero-order valence-electron chi connectivity index (χ0n) is 13.8. The van der Waals surface area contributed by atoms with Crippen molar-refractivity contribution >= 4 is 5.91 Å². The highest BCUT2D eigenvalue weighted by atomic mass is 16.5. The Hall–Kier alpha value is -2.96. The molecule has 0 spiro atoms. The highest BCUT2D eigenvalue weighted by Gasteiger charge is 2.35. The average Bonchev–Trinajstić information content (AvgIpc) is 3.27. The summed E-state index contributed by atoms with van der Waals surface area (Å²) in [7, 11) is 0. The summed E-state index contributed by atoms with van der Waals surface area (Å²) < 4.78 is 10.4. The molecule has 1 aliphatic rings. The van der Waals surface area contributed by atoms with E-state index in [1.807, 2.05) is 37.3 Å². The molecule has 1 N–H and O–H groups in total. The predicted molar refractivity (Wildman–Crippen MR) is 88.8 cm³/mol. The number of nitrogens with one attached hydrogen (secondary N) is 1. The number of hydrogen-bond acceptors (Lipinski definition) is 6. The molecule has 25 heavy (non-hydrogen) atoms. The molecule has 1 fully saturated rings. The van der Waals surface area contributed by atoms with Gasteiger partial charge in [0.1, 0.15) is 0 Å². The minimum Gasteiger partial charge on any atom is -0.355 e. The molecule has 4 rings (SSSR count). The third kappa shape index (κ3) is 3.17. The molecule has 0 aliphatic heterocycles. The van der Waals surface area contributed by atoms with Crippen LogP contribution in [0.3, 0.4) is 0 Å². The molecule has 7 heteroatoms. The van der Waals surface area contributed by atoms with E-state index < -0.39 is 0 Å². The van der Waals surface area contributed by atoms with Gasteiger partial charge in [-0.15, -0.1) is 0 Å².